The van der Waals surface area contributed by atoms with Crippen molar-refractivity contribution >= 4 is 12.3 Å². The van der Waals surface area contributed by atoms with Gasteiger partial charge in [0.05, 0.1) is 0 Å². The van der Waals surface area contributed by atoms with Crippen molar-refractivity contribution in [1.82, 2.24) is 0 Å². The van der Waals surface area contributed by atoms with E-state index in [1.807, 2.05) is 0 Å². The van der Waals surface area contributed by atoms with Crippen LogP contribution in [-0.4, -0.2) is 32.7 Å². The smallest absolute Gasteiger partial charge is 1.00 e. The number of carbonyl (C=O) groups is 2. The molecule has 0 fully saturated rings. The van der Waals surface area contributed by atoms with Crippen molar-refractivity contribution < 1.29 is 80.5 Å². The first-order chi connectivity index (χ1) is 3.46. The average Bonchev–Trinajstić information content (AvgIpc) is 1.25. The Morgan fingerprint density at radius 1 is 0.900 bits per heavy atom. The molecular weight excluding hydrogens is 208 g/mol. The van der Waals surface area contributed by atoms with Gasteiger partial charge in [-0.05, 0) is 0 Å². The molecule has 0 aromatic rings. The number of rotatable bonds is 0. The molecule has 0 rings (SSSR count). The Balaban J connectivity index is -0.0000000171. The maximum atomic E-state index is 8.56. The summed E-state index contributed by atoms with van der Waals surface area (Å²) >= 11 is 0. The van der Waals surface area contributed by atoms with Crippen LogP contribution < -0.4 is 29.6 Å². The molecule has 52 valence electrons. The van der Waals surface area contributed by atoms with Crippen LogP contribution in [0.4, 0.5) is 9.59 Å². The molecule has 0 aromatic heterocycles. The molecule has 0 aliphatic heterocycles. The normalized spacial score (nSPS) is 4.80. The molecule has 0 unspecified atom stereocenters. The summed E-state index contributed by atoms with van der Waals surface area (Å²) in [6, 6.07) is 0. The minimum absolute atomic E-state index is 0. The zero-order valence-electron chi connectivity index (χ0n) is 6.31. The monoisotopic (exact) mass is 212 g/mol. The topological polar surface area (TPSA) is 115 Å². The molecule has 0 aliphatic rings. The molecule has 0 heterocycles. The average molecular weight is 213 g/mol. The van der Waals surface area contributed by atoms with E-state index in [1.165, 1.54) is 0 Å². The molecule has 0 amide bonds. The van der Waals surface area contributed by atoms with Crippen LogP contribution in [0.3, 0.4) is 0 Å². The predicted octanol–water partition coefficient (Wildman–Crippen LogP) is -2.44. The zero-order valence-corrected chi connectivity index (χ0v) is 10.3. The van der Waals surface area contributed by atoms with E-state index < -0.39 is 12.3 Å². The molecule has 0 aromatic carbocycles. The van der Waals surface area contributed by atoms with Gasteiger partial charge >= 0.3 is 41.9 Å². The van der Waals surface area contributed by atoms with Crippen LogP contribution in [0.25, 0.3) is 0 Å². The van der Waals surface area contributed by atoms with Gasteiger partial charge < -0.3 is 21.9 Å². The summed E-state index contributed by atoms with van der Waals surface area (Å²) < 4.78 is 0. The van der Waals surface area contributed by atoms with E-state index in [2.05, 4.69) is 0 Å². The van der Waals surface area contributed by atoms with E-state index in [1.54, 1.807) is 0 Å². The van der Waals surface area contributed by atoms with Crippen LogP contribution in [-0.2, 0) is 19.5 Å². The molecule has 0 spiro atoms. The van der Waals surface area contributed by atoms with Crippen molar-refractivity contribution in [1.29, 1.82) is 0 Å². The van der Waals surface area contributed by atoms with Gasteiger partial charge in [-0.25, -0.2) is 9.59 Å². The Morgan fingerprint density at radius 2 is 0.900 bits per heavy atom. The Morgan fingerprint density at radius 3 is 0.900 bits per heavy atom. The molecule has 4 N–H and O–H groups in total. The SMILES string of the molecule is O=C(O)O.O=C(O)O.[H-].[Na+].[Zn]. The Bertz CT molecular complexity index is 78.6. The van der Waals surface area contributed by atoms with E-state index in [0.717, 1.165) is 0 Å². The first kappa shape index (κ1) is 22.5. The van der Waals surface area contributed by atoms with E-state index >= 15 is 0 Å². The van der Waals surface area contributed by atoms with Crippen molar-refractivity contribution in [2.45, 2.75) is 0 Å². The van der Waals surface area contributed by atoms with Crippen molar-refractivity contribution in [3.8, 4) is 0 Å². The molecule has 0 bridgehead atoms. The van der Waals surface area contributed by atoms with E-state index in [-0.39, 0.29) is 50.5 Å². The second-order valence-corrected chi connectivity index (χ2v) is 0.565. The van der Waals surface area contributed by atoms with E-state index in [0.29, 0.717) is 0 Å². The standard InChI is InChI=1S/2CH2O3.Na.Zn.H/c2*2-1(3)4;;;/h2*(H2,2,3,4);;;/q;;+1;;-1. The van der Waals surface area contributed by atoms with Gasteiger partial charge in [0.1, 0.15) is 0 Å². The number of hydrogen-bond acceptors (Lipinski definition) is 2. The quantitative estimate of drug-likeness (QED) is 0.332. The molecule has 10 heavy (non-hydrogen) atoms. The molecule has 0 atom stereocenters. The van der Waals surface area contributed by atoms with Crippen molar-refractivity contribution in [3.05, 3.63) is 0 Å². The van der Waals surface area contributed by atoms with E-state index in [4.69, 9.17) is 30.0 Å². The minimum Gasteiger partial charge on any atom is -1.00 e. The van der Waals surface area contributed by atoms with Crippen LogP contribution in [0.2, 0.25) is 0 Å². The first-order valence-electron chi connectivity index (χ1n) is 1.30. The second kappa shape index (κ2) is 16.1. The van der Waals surface area contributed by atoms with Crippen LogP contribution in [0.15, 0.2) is 0 Å². The van der Waals surface area contributed by atoms with Crippen molar-refractivity contribution in [2.75, 3.05) is 0 Å². The van der Waals surface area contributed by atoms with E-state index in [9.17, 15) is 0 Å². The molecular formula is C2H5NaO6Zn. The fourth-order valence-corrected chi connectivity index (χ4v) is 0. The Labute approximate surface area is 92.4 Å². The summed E-state index contributed by atoms with van der Waals surface area (Å²) in [6.07, 6.45) is -3.67. The molecule has 0 radical (unpaired) electrons. The Kier molecular flexibility index (Phi) is 36.1. The predicted molar refractivity (Wildman–Crippen MR) is 22.4 cm³/mol. The van der Waals surface area contributed by atoms with Crippen LogP contribution >= 0.6 is 0 Å². The van der Waals surface area contributed by atoms with Crippen molar-refractivity contribution in [2.24, 2.45) is 0 Å². The summed E-state index contributed by atoms with van der Waals surface area (Å²) in [7, 11) is 0. The van der Waals surface area contributed by atoms with Gasteiger partial charge in [0.2, 0.25) is 0 Å². The molecule has 6 nitrogen and oxygen atoms in total. The van der Waals surface area contributed by atoms with Gasteiger partial charge in [0.15, 0.2) is 0 Å². The van der Waals surface area contributed by atoms with Gasteiger partial charge in [-0.1, -0.05) is 0 Å². The van der Waals surface area contributed by atoms with Crippen LogP contribution in [0.5, 0.6) is 0 Å². The fourth-order valence-electron chi connectivity index (χ4n) is 0. The summed E-state index contributed by atoms with van der Waals surface area (Å²) in [5.41, 5.74) is 0. The van der Waals surface area contributed by atoms with Gasteiger partial charge in [0, 0.05) is 19.5 Å². The summed E-state index contributed by atoms with van der Waals surface area (Å²) in [5, 5.41) is 27.9. The van der Waals surface area contributed by atoms with Gasteiger partial charge in [-0.3, -0.25) is 0 Å². The third kappa shape index (κ3) is 15700. The van der Waals surface area contributed by atoms with Crippen LogP contribution in [0, 0.1) is 0 Å². The largest absolute Gasteiger partial charge is 1.00 e. The third-order valence-corrected chi connectivity index (χ3v) is 0. The maximum Gasteiger partial charge on any atom is 1.00 e. The molecule has 0 saturated heterocycles. The summed E-state index contributed by atoms with van der Waals surface area (Å²) in [6.45, 7) is 0. The van der Waals surface area contributed by atoms with Crippen molar-refractivity contribution in [3.63, 3.8) is 0 Å². The number of hydrogen-bond donors (Lipinski definition) is 4. The molecule has 0 saturated carbocycles. The summed E-state index contributed by atoms with van der Waals surface area (Å²) in [4.78, 5) is 17.1. The molecule has 0 aliphatic carbocycles. The maximum absolute atomic E-state index is 8.56. The first-order valence-corrected chi connectivity index (χ1v) is 1.30. The summed E-state index contributed by atoms with van der Waals surface area (Å²) in [5.74, 6) is 0. The number of carboxylic acid groups (broad SMARTS) is 4. The molecule has 8 heteroatoms. The Hall–Kier alpha value is 0.163. The second-order valence-electron chi connectivity index (χ2n) is 0.565. The zero-order chi connectivity index (χ0) is 7.15. The van der Waals surface area contributed by atoms with Gasteiger partial charge in [0.25, 0.3) is 0 Å². The van der Waals surface area contributed by atoms with Gasteiger partial charge in [-0.15, -0.1) is 0 Å². The third-order valence-electron chi connectivity index (χ3n) is 0. The fraction of sp³-hybridized carbons (Fsp3) is 0. The van der Waals surface area contributed by atoms with Gasteiger partial charge in [-0.2, -0.15) is 0 Å². The minimum atomic E-state index is -1.83. The van der Waals surface area contributed by atoms with Crippen LogP contribution in [0.1, 0.15) is 1.43 Å².